The Hall–Kier alpha value is -2.59. The molecule has 3 aromatic heterocycles. The summed E-state index contributed by atoms with van der Waals surface area (Å²) in [6.45, 7) is 0. The summed E-state index contributed by atoms with van der Waals surface area (Å²) in [6.07, 6.45) is 7.11. The Kier molecular flexibility index (Phi) is 2.98. The molecule has 0 spiro atoms. The quantitative estimate of drug-likeness (QED) is 0.510. The van der Waals surface area contributed by atoms with Gasteiger partial charge in [-0.25, -0.2) is 9.97 Å². The maximum absolute atomic E-state index is 6.03. The summed E-state index contributed by atoms with van der Waals surface area (Å²) < 4.78 is 7.27. The zero-order valence-electron chi connectivity index (χ0n) is 11.8. The molecule has 4 rings (SSSR count). The monoisotopic (exact) mass is 309 g/mol. The van der Waals surface area contributed by atoms with Gasteiger partial charge in [0.2, 0.25) is 5.28 Å². The number of aromatic nitrogens is 3. The van der Waals surface area contributed by atoms with Crippen molar-refractivity contribution in [2.75, 3.05) is 0 Å². The van der Waals surface area contributed by atoms with Crippen molar-refractivity contribution in [3.8, 4) is 22.4 Å². The average molecular weight is 310 g/mol. The third kappa shape index (κ3) is 2.00. The van der Waals surface area contributed by atoms with Crippen molar-refractivity contribution in [1.29, 1.82) is 0 Å². The Morgan fingerprint density at radius 1 is 1.14 bits per heavy atom. The molecule has 108 valence electrons. The number of aryl methyl sites for hydroxylation is 1. The number of fused-ring (bicyclic) bond motifs is 1. The Morgan fingerprint density at radius 2 is 2.00 bits per heavy atom. The zero-order valence-corrected chi connectivity index (χ0v) is 12.6. The van der Waals surface area contributed by atoms with Crippen molar-refractivity contribution in [2.24, 2.45) is 7.05 Å². The Labute approximate surface area is 132 Å². The van der Waals surface area contributed by atoms with E-state index in [1.807, 2.05) is 25.2 Å². The lowest BCUT2D eigenvalue weighted by atomic mass is 10.0. The zero-order chi connectivity index (χ0) is 15.1. The molecule has 0 radical (unpaired) electrons. The van der Waals surface area contributed by atoms with Crippen LogP contribution in [0, 0.1) is 0 Å². The van der Waals surface area contributed by atoms with Crippen molar-refractivity contribution < 1.29 is 4.42 Å². The molecular formula is C17H12ClN3O. The highest BCUT2D eigenvalue weighted by Gasteiger charge is 2.16. The van der Waals surface area contributed by atoms with E-state index >= 15 is 0 Å². The van der Waals surface area contributed by atoms with Gasteiger partial charge in [0.25, 0.3) is 0 Å². The van der Waals surface area contributed by atoms with E-state index in [1.54, 1.807) is 18.7 Å². The van der Waals surface area contributed by atoms with E-state index in [4.69, 9.17) is 16.0 Å². The van der Waals surface area contributed by atoms with Gasteiger partial charge in [-0.3, -0.25) is 0 Å². The smallest absolute Gasteiger partial charge is 0.222 e. The predicted molar refractivity (Wildman–Crippen MR) is 86.7 cm³/mol. The minimum Gasteiger partial charge on any atom is -0.472 e. The molecule has 0 aliphatic rings. The molecule has 4 aromatic rings. The first-order valence-electron chi connectivity index (χ1n) is 6.83. The molecule has 0 amide bonds. The van der Waals surface area contributed by atoms with Crippen molar-refractivity contribution in [3.63, 3.8) is 0 Å². The highest BCUT2D eigenvalue weighted by molar-refractivity contribution is 6.28. The number of para-hydroxylation sites is 1. The van der Waals surface area contributed by atoms with Gasteiger partial charge >= 0.3 is 0 Å². The molecular weight excluding hydrogens is 298 g/mol. The number of hydrogen-bond donors (Lipinski definition) is 0. The molecule has 0 fully saturated rings. The van der Waals surface area contributed by atoms with Crippen LogP contribution in [0.1, 0.15) is 0 Å². The van der Waals surface area contributed by atoms with Crippen molar-refractivity contribution in [1.82, 2.24) is 14.5 Å². The molecule has 1 aromatic carbocycles. The van der Waals surface area contributed by atoms with E-state index in [9.17, 15) is 0 Å². The summed E-state index contributed by atoms with van der Waals surface area (Å²) in [6, 6.07) is 10.1. The average Bonchev–Trinajstić information content (AvgIpc) is 3.16. The molecule has 22 heavy (non-hydrogen) atoms. The van der Waals surface area contributed by atoms with Crippen molar-refractivity contribution in [3.05, 3.63) is 60.5 Å². The Bertz CT molecular complexity index is 957. The molecule has 0 aliphatic carbocycles. The van der Waals surface area contributed by atoms with E-state index in [2.05, 4.69) is 32.9 Å². The van der Waals surface area contributed by atoms with Crippen LogP contribution < -0.4 is 0 Å². The number of benzene rings is 1. The third-order valence-electron chi connectivity index (χ3n) is 3.74. The van der Waals surface area contributed by atoms with E-state index < -0.39 is 0 Å². The molecule has 0 N–H and O–H groups in total. The van der Waals surface area contributed by atoms with Crippen molar-refractivity contribution in [2.45, 2.75) is 0 Å². The fourth-order valence-electron chi connectivity index (χ4n) is 2.72. The third-order valence-corrected chi connectivity index (χ3v) is 3.93. The second-order valence-electron chi connectivity index (χ2n) is 5.08. The largest absolute Gasteiger partial charge is 0.472 e. The Morgan fingerprint density at radius 3 is 2.82 bits per heavy atom. The summed E-state index contributed by atoms with van der Waals surface area (Å²) in [4.78, 5) is 8.58. The lowest BCUT2D eigenvalue weighted by Crippen LogP contribution is -1.91. The van der Waals surface area contributed by atoms with Gasteiger partial charge in [0.05, 0.1) is 18.2 Å². The number of nitrogens with zero attached hydrogens (tertiary/aromatic N) is 3. The summed E-state index contributed by atoms with van der Waals surface area (Å²) >= 11 is 6.03. The molecule has 3 heterocycles. The number of halogens is 1. The van der Waals surface area contributed by atoms with Gasteiger partial charge in [0.1, 0.15) is 0 Å². The van der Waals surface area contributed by atoms with Gasteiger partial charge in [0.15, 0.2) is 0 Å². The molecule has 0 atom stereocenters. The first kappa shape index (κ1) is 13.1. The van der Waals surface area contributed by atoms with E-state index in [-0.39, 0.29) is 5.28 Å². The van der Waals surface area contributed by atoms with Crippen LogP contribution >= 0.6 is 11.6 Å². The predicted octanol–water partition coefficient (Wildman–Crippen LogP) is 4.55. The molecule has 0 saturated carbocycles. The van der Waals surface area contributed by atoms with Crippen LogP contribution in [0.3, 0.4) is 0 Å². The second-order valence-corrected chi connectivity index (χ2v) is 5.42. The standard InChI is InChI=1S/C17H12ClN3O/c1-21-9-14(12-4-2-3-5-15(12)21)16-13(8-19-17(18)20-16)11-6-7-22-10-11/h2-10H,1H3. The fraction of sp³-hybridized carbons (Fsp3) is 0.0588. The molecule has 0 aliphatic heterocycles. The lowest BCUT2D eigenvalue weighted by Gasteiger charge is -2.06. The van der Waals surface area contributed by atoms with Gasteiger partial charge in [-0.2, -0.15) is 0 Å². The van der Waals surface area contributed by atoms with Crippen LogP contribution in [0.5, 0.6) is 0 Å². The minimum atomic E-state index is 0.232. The topological polar surface area (TPSA) is 43.9 Å². The van der Waals surface area contributed by atoms with Crippen LogP contribution in [0.4, 0.5) is 0 Å². The van der Waals surface area contributed by atoms with Crippen molar-refractivity contribution >= 4 is 22.5 Å². The second kappa shape index (κ2) is 5.00. The number of hydrogen-bond acceptors (Lipinski definition) is 3. The van der Waals surface area contributed by atoms with Gasteiger partial charge in [-0.1, -0.05) is 18.2 Å². The van der Waals surface area contributed by atoms with Gasteiger partial charge in [-0.05, 0) is 23.7 Å². The van der Waals surface area contributed by atoms with Crippen LogP contribution in [-0.4, -0.2) is 14.5 Å². The van der Waals surface area contributed by atoms with Gasteiger partial charge in [-0.15, -0.1) is 0 Å². The Balaban J connectivity index is 2.04. The number of rotatable bonds is 2. The lowest BCUT2D eigenvalue weighted by molar-refractivity contribution is 0.568. The summed E-state index contributed by atoms with van der Waals surface area (Å²) in [5.41, 5.74) is 4.80. The number of furan rings is 1. The first-order chi connectivity index (χ1) is 10.7. The SMILES string of the molecule is Cn1cc(-c2nc(Cl)ncc2-c2ccoc2)c2ccccc21. The van der Waals surface area contributed by atoms with E-state index in [1.165, 1.54) is 0 Å². The normalized spacial score (nSPS) is 11.2. The molecule has 4 nitrogen and oxygen atoms in total. The molecule has 0 bridgehead atoms. The van der Waals surface area contributed by atoms with Gasteiger partial charge < -0.3 is 8.98 Å². The van der Waals surface area contributed by atoms with Crippen LogP contribution in [0.15, 0.2) is 59.7 Å². The summed E-state index contributed by atoms with van der Waals surface area (Å²) in [5.74, 6) is 0. The van der Waals surface area contributed by atoms with Crippen LogP contribution in [0.25, 0.3) is 33.3 Å². The minimum absolute atomic E-state index is 0.232. The summed E-state index contributed by atoms with van der Waals surface area (Å²) in [7, 11) is 2.02. The van der Waals surface area contributed by atoms with E-state index in [0.29, 0.717) is 0 Å². The maximum Gasteiger partial charge on any atom is 0.222 e. The highest BCUT2D eigenvalue weighted by atomic mass is 35.5. The highest BCUT2D eigenvalue weighted by Crippen LogP contribution is 2.35. The fourth-order valence-corrected chi connectivity index (χ4v) is 2.86. The maximum atomic E-state index is 6.03. The molecule has 0 saturated heterocycles. The summed E-state index contributed by atoms with van der Waals surface area (Å²) in [5, 5.41) is 1.36. The van der Waals surface area contributed by atoms with Crippen LogP contribution in [0.2, 0.25) is 5.28 Å². The van der Waals surface area contributed by atoms with Gasteiger partial charge in [0, 0.05) is 47.0 Å². The van der Waals surface area contributed by atoms with Crippen LogP contribution in [-0.2, 0) is 7.05 Å². The molecule has 0 unspecified atom stereocenters. The van der Waals surface area contributed by atoms with E-state index in [0.717, 1.165) is 33.3 Å². The first-order valence-corrected chi connectivity index (χ1v) is 7.21. The molecule has 5 heteroatoms.